The molecule has 2 aromatic heterocycles. The molecule has 0 aliphatic heterocycles. The van der Waals surface area contributed by atoms with Gasteiger partial charge in [-0.1, -0.05) is 23.9 Å². The molecule has 8 nitrogen and oxygen atoms in total. The molecule has 0 fully saturated rings. The van der Waals surface area contributed by atoms with Gasteiger partial charge in [0.15, 0.2) is 10.3 Å². The molecule has 0 saturated heterocycles. The Kier molecular flexibility index (Phi) is 4.02. The number of benzene rings is 1. The predicted molar refractivity (Wildman–Crippen MR) is 84.2 cm³/mol. The number of fused-ring (bicyclic) bond motifs is 1. The van der Waals surface area contributed by atoms with Crippen LogP contribution in [0.25, 0.3) is 11.0 Å². The van der Waals surface area contributed by atoms with Crippen LogP contribution in [-0.2, 0) is 4.79 Å². The lowest BCUT2D eigenvalue weighted by molar-refractivity contribution is -0.380. The van der Waals surface area contributed by atoms with Gasteiger partial charge in [0.1, 0.15) is 6.20 Å². The first-order valence-electron chi connectivity index (χ1n) is 6.09. The van der Waals surface area contributed by atoms with E-state index in [1.165, 1.54) is 11.8 Å². The first-order valence-corrected chi connectivity index (χ1v) is 7.89. The van der Waals surface area contributed by atoms with E-state index in [0.717, 1.165) is 28.6 Å². The Balaban J connectivity index is 1.58. The Bertz CT molecular complexity index is 811. The van der Waals surface area contributed by atoms with Gasteiger partial charge in [0.25, 0.3) is 0 Å². The van der Waals surface area contributed by atoms with Gasteiger partial charge in [-0.3, -0.25) is 14.9 Å². The molecule has 0 atom stereocenters. The second-order valence-corrected chi connectivity index (χ2v) is 6.13. The van der Waals surface area contributed by atoms with Crippen LogP contribution in [0.5, 0.6) is 0 Å². The highest BCUT2D eigenvalue weighted by Crippen LogP contribution is 2.25. The molecule has 0 saturated carbocycles. The van der Waals surface area contributed by atoms with Crippen molar-refractivity contribution in [2.75, 3.05) is 11.1 Å². The number of aromatic nitrogens is 3. The van der Waals surface area contributed by atoms with Gasteiger partial charge in [0, 0.05) is 0 Å². The summed E-state index contributed by atoms with van der Waals surface area (Å²) < 4.78 is 0. The number of hydrogen-bond acceptors (Lipinski definition) is 7. The minimum absolute atomic E-state index is 0.111. The van der Waals surface area contributed by atoms with Crippen LogP contribution in [0.15, 0.2) is 35.6 Å². The largest absolute Gasteiger partial charge is 0.345 e. The van der Waals surface area contributed by atoms with Crippen LogP contribution in [0.4, 0.5) is 10.1 Å². The zero-order chi connectivity index (χ0) is 15.5. The fourth-order valence-corrected chi connectivity index (χ4v) is 3.03. The highest BCUT2D eigenvalue weighted by Gasteiger charge is 2.14. The zero-order valence-electron chi connectivity index (χ0n) is 11.0. The topological polar surface area (TPSA) is 114 Å². The Morgan fingerprint density at radius 1 is 1.45 bits per heavy atom. The lowest BCUT2D eigenvalue weighted by atomic mass is 10.3. The number of thioether (sulfide) groups is 1. The molecule has 10 heteroatoms. The van der Waals surface area contributed by atoms with Gasteiger partial charge in [-0.05, 0) is 23.5 Å². The maximum Gasteiger partial charge on any atom is 0.345 e. The molecule has 0 spiro atoms. The summed E-state index contributed by atoms with van der Waals surface area (Å²) >= 11 is 2.07. The van der Waals surface area contributed by atoms with Crippen molar-refractivity contribution in [3.63, 3.8) is 0 Å². The second-order valence-electron chi connectivity index (χ2n) is 4.16. The monoisotopic (exact) mass is 335 g/mol. The van der Waals surface area contributed by atoms with Gasteiger partial charge in [0.2, 0.25) is 5.91 Å². The van der Waals surface area contributed by atoms with E-state index in [1.807, 2.05) is 24.3 Å². The quantitative estimate of drug-likeness (QED) is 0.421. The number of imidazole rings is 1. The molecular formula is C12H9N5O3S2. The number of aromatic amines is 1. The van der Waals surface area contributed by atoms with Gasteiger partial charge in [-0.25, -0.2) is 9.97 Å². The molecule has 2 N–H and O–H groups in total. The summed E-state index contributed by atoms with van der Waals surface area (Å²) in [6, 6.07) is 7.57. The second kappa shape index (κ2) is 6.12. The molecule has 22 heavy (non-hydrogen) atoms. The average Bonchev–Trinajstić information content (AvgIpc) is 3.11. The summed E-state index contributed by atoms with van der Waals surface area (Å²) in [4.78, 5) is 33.0. The number of nitro groups is 1. The van der Waals surface area contributed by atoms with Crippen molar-refractivity contribution < 1.29 is 9.72 Å². The summed E-state index contributed by atoms with van der Waals surface area (Å²) in [5, 5.41) is 13.8. The zero-order valence-corrected chi connectivity index (χ0v) is 12.6. The number of para-hydroxylation sites is 2. The lowest BCUT2D eigenvalue weighted by Crippen LogP contribution is -2.13. The van der Waals surface area contributed by atoms with Crippen LogP contribution < -0.4 is 5.32 Å². The standard InChI is InChI=1S/C12H9N5O3S2/c18-9(16-11-13-5-10(22-11)17(19)20)6-21-12-14-7-3-1-2-4-8(7)15-12/h1-5H,6H2,(H,14,15)(H,13,16,18). The van der Waals surface area contributed by atoms with Gasteiger partial charge in [0.05, 0.1) is 21.7 Å². The van der Waals surface area contributed by atoms with Crippen molar-refractivity contribution >= 4 is 50.2 Å². The molecule has 0 bridgehead atoms. The van der Waals surface area contributed by atoms with E-state index in [9.17, 15) is 14.9 Å². The van der Waals surface area contributed by atoms with Crippen LogP contribution in [0.2, 0.25) is 0 Å². The number of amides is 1. The molecule has 112 valence electrons. The first-order chi connectivity index (χ1) is 10.6. The fourth-order valence-electron chi connectivity index (χ4n) is 1.69. The van der Waals surface area contributed by atoms with E-state index >= 15 is 0 Å². The number of rotatable bonds is 5. The van der Waals surface area contributed by atoms with Crippen molar-refractivity contribution in [3.05, 3.63) is 40.6 Å². The number of nitrogens with one attached hydrogen (secondary N) is 2. The van der Waals surface area contributed by atoms with Crippen molar-refractivity contribution in [1.82, 2.24) is 15.0 Å². The van der Waals surface area contributed by atoms with Gasteiger partial charge in [-0.15, -0.1) is 0 Å². The molecule has 3 rings (SSSR count). The molecule has 0 unspecified atom stereocenters. The summed E-state index contributed by atoms with van der Waals surface area (Å²) in [7, 11) is 0. The highest BCUT2D eigenvalue weighted by atomic mass is 32.2. The van der Waals surface area contributed by atoms with E-state index in [1.54, 1.807) is 0 Å². The minimum Gasteiger partial charge on any atom is -0.333 e. The Labute approximate surface area is 132 Å². The van der Waals surface area contributed by atoms with E-state index in [-0.39, 0.29) is 21.8 Å². The Morgan fingerprint density at radius 2 is 2.27 bits per heavy atom. The van der Waals surface area contributed by atoms with Crippen LogP contribution >= 0.6 is 23.1 Å². The molecule has 2 heterocycles. The maximum absolute atomic E-state index is 11.8. The Hall–Kier alpha value is -2.46. The SMILES string of the molecule is O=C(CSc1nc2ccccc2[nH]1)Nc1ncc([N+](=O)[O-])s1. The van der Waals surface area contributed by atoms with Crippen molar-refractivity contribution in [3.8, 4) is 0 Å². The third-order valence-corrected chi connectivity index (χ3v) is 4.37. The lowest BCUT2D eigenvalue weighted by Gasteiger charge is -1.98. The number of H-pyrrole nitrogens is 1. The molecule has 0 aliphatic carbocycles. The summed E-state index contributed by atoms with van der Waals surface area (Å²) in [5.74, 6) is -0.164. The molecule has 0 radical (unpaired) electrons. The number of anilines is 1. The van der Waals surface area contributed by atoms with E-state index < -0.39 is 4.92 Å². The van der Waals surface area contributed by atoms with Gasteiger partial charge in [-0.2, -0.15) is 0 Å². The van der Waals surface area contributed by atoms with E-state index in [0.29, 0.717) is 5.16 Å². The van der Waals surface area contributed by atoms with Gasteiger partial charge < -0.3 is 10.3 Å². The number of hydrogen-bond donors (Lipinski definition) is 2. The van der Waals surface area contributed by atoms with E-state index in [2.05, 4.69) is 20.3 Å². The first kappa shape index (κ1) is 14.5. The van der Waals surface area contributed by atoms with Gasteiger partial charge >= 0.3 is 5.00 Å². The van der Waals surface area contributed by atoms with Crippen molar-refractivity contribution in [2.45, 2.75) is 5.16 Å². The third-order valence-electron chi connectivity index (χ3n) is 2.63. The third kappa shape index (κ3) is 3.23. The van der Waals surface area contributed by atoms with Crippen LogP contribution in [0, 0.1) is 10.1 Å². The fraction of sp³-hybridized carbons (Fsp3) is 0.0833. The van der Waals surface area contributed by atoms with Crippen LogP contribution in [-0.4, -0.2) is 31.5 Å². The number of carbonyl (C=O) groups is 1. The maximum atomic E-state index is 11.8. The number of carbonyl (C=O) groups excluding carboxylic acids is 1. The number of thiazole rings is 1. The van der Waals surface area contributed by atoms with Crippen LogP contribution in [0.1, 0.15) is 0 Å². The average molecular weight is 335 g/mol. The smallest absolute Gasteiger partial charge is 0.333 e. The molecule has 0 aliphatic rings. The summed E-state index contributed by atoms with van der Waals surface area (Å²) in [6.07, 6.45) is 1.12. The Morgan fingerprint density at radius 3 is 3.00 bits per heavy atom. The molecule has 1 aromatic carbocycles. The normalized spacial score (nSPS) is 10.7. The van der Waals surface area contributed by atoms with Crippen molar-refractivity contribution in [2.24, 2.45) is 0 Å². The molecule has 1 amide bonds. The molecule has 3 aromatic rings. The molecular weight excluding hydrogens is 326 g/mol. The number of nitrogens with zero attached hydrogens (tertiary/aromatic N) is 3. The minimum atomic E-state index is -0.545. The van der Waals surface area contributed by atoms with Crippen LogP contribution in [0.3, 0.4) is 0 Å². The highest BCUT2D eigenvalue weighted by molar-refractivity contribution is 7.99. The summed E-state index contributed by atoms with van der Waals surface area (Å²) in [5.41, 5.74) is 1.74. The summed E-state index contributed by atoms with van der Waals surface area (Å²) in [6.45, 7) is 0. The van der Waals surface area contributed by atoms with E-state index in [4.69, 9.17) is 0 Å². The predicted octanol–water partition coefficient (Wildman–Crippen LogP) is 2.66. The van der Waals surface area contributed by atoms with Crippen molar-refractivity contribution in [1.29, 1.82) is 0 Å².